The van der Waals surface area contributed by atoms with Gasteiger partial charge in [-0.1, -0.05) is 38.0 Å². The van der Waals surface area contributed by atoms with Crippen LogP contribution in [0.1, 0.15) is 82.8 Å². The van der Waals surface area contributed by atoms with Crippen molar-refractivity contribution < 1.29 is 35.8 Å². The first-order valence-electron chi connectivity index (χ1n) is 16.1. The van der Waals surface area contributed by atoms with E-state index in [-0.39, 0.29) is 41.4 Å². The molecule has 0 saturated heterocycles. The van der Waals surface area contributed by atoms with E-state index >= 15 is 8.78 Å². The van der Waals surface area contributed by atoms with Gasteiger partial charge in [-0.15, -0.1) is 0 Å². The highest BCUT2D eigenvalue weighted by Crippen LogP contribution is 2.43. The number of halogens is 6. The first-order chi connectivity index (χ1) is 21.7. The number of ether oxygens (including phenoxy) is 2. The summed E-state index contributed by atoms with van der Waals surface area (Å²) >= 11 is 0. The topological polar surface area (TPSA) is 18.5 Å². The third kappa shape index (κ3) is 7.20. The molecule has 0 amide bonds. The van der Waals surface area contributed by atoms with Crippen molar-refractivity contribution in [1.29, 1.82) is 0 Å². The van der Waals surface area contributed by atoms with Gasteiger partial charge in [-0.2, -0.15) is 8.78 Å². The summed E-state index contributed by atoms with van der Waals surface area (Å²) in [6.45, 7) is 4.04. The Balaban J connectivity index is 1.14. The summed E-state index contributed by atoms with van der Waals surface area (Å²) in [7, 11) is 0. The quantitative estimate of drug-likeness (QED) is 0.196. The van der Waals surface area contributed by atoms with E-state index in [2.05, 4.69) is 0 Å². The van der Waals surface area contributed by atoms with E-state index < -0.39 is 34.9 Å². The van der Waals surface area contributed by atoms with Gasteiger partial charge in [-0.3, -0.25) is 0 Å². The number of hydrogen-bond acceptors (Lipinski definition) is 2. The van der Waals surface area contributed by atoms with Gasteiger partial charge in [0.05, 0.1) is 13.2 Å². The number of allylic oxidation sites excluding steroid dienone is 2. The summed E-state index contributed by atoms with van der Waals surface area (Å²) in [6.07, 6.45) is 10.3. The SMILES string of the molecule is CCCOc1ccc(-c2ccc(CCC3CCC(C4CC=C(c5ccc(OCC)c(F)c5F)CC4)CC3)c(F)c2F)c(F)c1F. The molecule has 1 saturated carbocycles. The fourth-order valence-electron chi connectivity index (χ4n) is 6.94. The minimum Gasteiger partial charge on any atom is -0.491 e. The van der Waals surface area contributed by atoms with Gasteiger partial charge < -0.3 is 9.47 Å². The molecule has 0 radical (unpaired) electrons. The van der Waals surface area contributed by atoms with Crippen LogP contribution < -0.4 is 9.47 Å². The summed E-state index contributed by atoms with van der Waals surface area (Å²) < 4.78 is 98.8. The molecular formula is C37H40F6O2. The van der Waals surface area contributed by atoms with Crippen molar-refractivity contribution in [3.8, 4) is 22.6 Å². The Morgan fingerprint density at radius 2 is 1.22 bits per heavy atom. The molecule has 5 rings (SSSR count). The largest absolute Gasteiger partial charge is 0.491 e. The normalized spacial score (nSPS) is 20.2. The maximum absolute atomic E-state index is 15.1. The van der Waals surface area contributed by atoms with Crippen molar-refractivity contribution in [2.75, 3.05) is 13.2 Å². The first kappa shape index (κ1) is 33.0. The van der Waals surface area contributed by atoms with E-state index in [1.165, 1.54) is 30.3 Å². The number of rotatable bonds is 11. The molecule has 2 aliphatic carbocycles. The van der Waals surface area contributed by atoms with Crippen LogP contribution in [0.5, 0.6) is 11.5 Å². The van der Waals surface area contributed by atoms with Gasteiger partial charge >= 0.3 is 0 Å². The van der Waals surface area contributed by atoms with E-state index in [0.29, 0.717) is 49.0 Å². The molecule has 1 fully saturated rings. The Labute approximate surface area is 261 Å². The highest BCUT2D eigenvalue weighted by Gasteiger charge is 2.30. The van der Waals surface area contributed by atoms with Gasteiger partial charge in [0.25, 0.3) is 0 Å². The molecule has 0 aliphatic heterocycles. The van der Waals surface area contributed by atoms with Crippen LogP contribution >= 0.6 is 0 Å². The number of aryl methyl sites for hydroxylation is 1. The van der Waals surface area contributed by atoms with Crippen LogP contribution in [0.25, 0.3) is 16.7 Å². The van der Waals surface area contributed by atoms with Crippen LogP contribution in [0.3, 0.4) is 0 Å². The van der Waals surface area contributed by atoms with Crippen molar-refractivity contribution in [3.05, 3.63) is 88.5 Å². The van der Waals surface area contributed by atoms with Gasteiger partial charge in [0.15, 0.2) is 34.8 Å². The predicted molar refractivity (Wildman–Crippen MR) is 164 cm³/mol. The lowest BCUT2D eigenvalue weighted by atomic mass is 9.70. The Hall–Kier alpha value is -3.42. The summed E-state index contributed by atoms with van der Waals surface area (Å²) in [5.74, 6) is -5.41. The van der Waals surface area contributed by atoms with Gasteiger partial charge in [0.1, 0.15) is 0 Å². The van der Waals surface area contributed by atoms with Crippen LogP contribution in [0.15, 0.2) is 42.5 Å². The Morgan fingerprint density at radius 1 is 0.622 bits per heavy atom. The zero-order chi connectivity index (χ0) is 32.1. The molecule has 242 valence electrons. The van der Waals surface area contributed by atoms with E-state index in [0.717, 1.165) is 44.1 Å². The summed E-state index contributed by atoms with van der Waals surface area (Å²) in [5.41, 5.74) is 0.701. The standard InChI is InChI=1S/C37H40F6O2/c1-3-21-45-31-20-18-29(35(41)37(31)43)28-16-15-26(32(38)34(28)40)10-7-22-5-8-23(9-6-22)24-11-13-25(14-12-24)27-17-19-30(44-4-2)36(42)33(27)39/h13,15-20,22-24H,3-12,14,21H2,1-2H3. The number of hydrogen-bond donors (Lipinski definition) is 0. The van der Waals surface area contributed by atoms with Crippen molar-refractivity contribution in [2.45, 2.75) is 78.1 Å². The maximum atomic E-state index is 15.1. The highest BCUT2D eigenvalue weighted by molar-refractivity contribution is 5.68. The first-order valence-corrected chi connectivity index (χ1v) is 16.1. The lowest BCUT2D eigenvalue weighted by molar-refractivity contribution is 0.189. The lowest BCUT2D eigenvalue weighted by Crippen LogP contribution is -2.23. The maximum Gasteiger partial charge on any atom is 0.201 e. The van der Waals surface area contributed by atoms with Crippen molar-refractivity contribution in [2.24, 2.45) is 17.8 Å². The molecule has 2 aliphatic rings. The third-order valence-electron chi connectivity index (χ3n) is 9.49. The van der Waals surface area contributed by atoms with E-state index in [1.54, 1.807) is 13.0 Å². The second-order valence-electron chi connectivity index (χ2n) is 12.2. The molecule has 0 N–H and O–H groups in total. The fraction of sp³-hybridized carbons (Fsp3) is 0.459. The molecule has 3 aromatic rings. The monoisotopic (exact) mass is 630 g/mol. The molecule has 1 atom stereocenters. The van der Waals surface area contributed by atoms with Gasteiger partial charge in [0.2, 0.25) is 11.6 Å². The average Bonchev–Trinajstić information content (AvgIpc) is 3.05. The van der Waals surface area contributed by atoms with Gasteiger partial charge in [-0.05, 0) is 111 Å². The predicted octanol–water partition coefficient (Wildman–Crippen LogP) is 11.0. The molecule has 3 aromatic carbocycles. The van der Waals surface area contributed by atoms with Crippen molar-refractivity contribution in [1.82, 2.24) is 0 Å². The van der Waals surface area contributed by atoms with Crippen LogP contribution in [-0.4, -0.2) is 13.2 Å². The molecule has 45 heavy (non-hydrogen) atoms. The van der Waals surface area contributed by atoms with Gasteiger partial charge in [0, 0.05) is 16.7 Å². The molecule has 1 unspecified atom stereocenters. The lowest BCUT2D eigenvalue weighted by Gasteiger charge is -2.35. The molecule has 2 nitrogen and oxygen atoms in total. The van der Waals surface area contributed by atoms with Crippen LogP contribution in [0.4, 0.5) is 26.3 Å². The van der Waals surface area contributed by atoms with Crippen molar-refractivity contribution >= 4 is 5.57 Å². The molecule has 0 aromatic heterocycles. The molecule has 0 bridgehead atoms. The van der Waals surface area contributed by atoms with Crippen molar-refractivity contribution in [3.63, 3.8) is 0 Å². The molecular weight excluding hydrogens is 590 g/mol. The molecule has 0 spiro atoms. The zero-order valence-corrected chi connectivity index (χ0v) is 25.8. The van der Waals surface area contributed by atoms with E-state index in [4.69, 9.17) is 9.47 Å². The summed E-state index contributed by atoms with van der Waals surface area (Å²) in [5, 5.41) is 0. The fourth-order valence-corrected chi connectivity index (χ4v) is 6.94. The Morgan fingerprint density at radius 3 is 1.84 bits per heavy atom. The highest BCUT2D eigenvalue weighted by atomic mass is 19.2. The molecule has 8 heteroatoms. The Bertz CT molecular complexity index is 1530. The second-order valence-corrected chi connectivity index (χ2v) is 12.2. The Kier molecular flexibility index (Phi) is 10.8. The van der Waals surface area contributed by atoms with E-state index in [9.17, 15) is 17.6 Å². The molecule has 0 heterocycles. The average molecular weight is 631 g/mol. The number of benzene rings is 3. The smallest absolute Gasteiger partial charge is 0.201 e. The van der Waals surface area contributed by atoms with Gasteiger partial charge in [-0.25, -0.2) is 17.6 Å². The van der Waals surface area contributed by atoms with Crippen LogP contribution in [-0.2, 0) is 6.42 Å². The second kappa shape index (κ2) is 14.8. The summed E-state index contributed by atoms with van der Waals surface area (Å²) in [6, 6.07) is 8.31. The minimum absolute atomic E-state index is 0.0685. The third-order valence-corrected chi connectivity index (χ3v) is 9.49. The van der Waals surface area contributed by atoms with Crippen LogP contribution in [0.2, 0.25) is 0 Å². The minimum atomic E-state index is -1.27. The van der Waals surface area contributed by atoms with E-state index in [1.807, 2.05) is 13.0 Å². The zero-order valence-electron chi connectivity index (χ0n) is 25.8. The summed E-state index contributed by atoms with van der Waals surface area (Å²) in [4.78, 5) is 0. The van der Waals surface area contributed by atoms with Crippen LogP contribution in [0, 0.1) is 52.7 Å².